The van der Waals surface area contributed by atoms with Gasteiger partial charge in [0, 0.05) is 13.1 Å². The summed E-state index contributed by atoms with van der Waals surface area (Å²) < 4.78 is 1.72. The zero-order chi connectivity index (χ0) is 12.8. The Balaban J connectivity index is 2.57. The number of aryl methyl sites for hydroxylation is 2. The molecule has 0 radical (unpaired) electrons. The molecule has 0 aromatic carbocycles. The van der Waals surface area contributed by atoms with E-state index in [9.17, 15) is 4.79 Å². The Morgan fingerprint density at radius 3 is 2.94 bits per heavy atom. The van der Waals surface area contributed by atoms with Gasteiger partial charge in [-0.2, -0.15) is 5.10 Å². The highest BCUT2D eigenvalue weighted by Gasteiger charge is 2.13. The van der Waals surface area contributed by atoms with E-state index in [1.807, 2.05) is 19.9 Å². The maximum Gasteiger partial charge on any atom is 0.269 e. The summed E-state index contributed by atoms with van der Waals surface area (Å²) >= 11 is 0. The molecular formula is C12H22N4O. The van der Waals surface area contributed by atoms with Gasteiger partial charge >= 0.3 is 0 Å². The van der Waals surface area contributed by atoms with E-state index in [1.54, 1.807) is 4.68 Å². The molecule has 5 nitrogen and oxygen atoms in total. The van der Waals surface area contributed by atoms with Crippen molar-refractivity contribution in [2.75, 3.05) is 13.1 Å². The monoisotopic (exact) mass is 238 g/mol. The van der Waals surface area contributed by atoms with Gasteiger partial charge < -0.3 is 11.1 Å². The third-order valence-electron chi connectivity index (χ3n) is 2.70. The molecule has 1 aromatic rings. The number of nitrogens with two attached hydrogens (primary N) is 1. The van der Waals surface area contributed by atoms with Crippen LogP contribution in [0.2, 0.25) is 0 Å². The van der Waals surface area contributed by atoms with Crippen molar-refractivity contribution in [3.63, 3.8) is 0 Å². The second-order valence-corrected chi connectivity index (χ2v) is 4.38. The molecule has 3 N–H and O–H groups in total. The fraction of sp³-hybridized carbons (Fsp3) is 0.667. The van der Waals surface area contributed by atoms with Crippen molar-refractivity contribution in [1.29, 1.82) is 0 Å². The van der Waals surface area contributed by atoms with Crippen LogP contribution in [0.25, 0.3) is 0 Å². The second kappa shape index (κ2) is 6.39. The highest BCUT2D eigenvalue weighted by Crippen LogP contribution is 2.04. The van der Waals surface area contributed by atoms with Crippen LogP contribution in [0, 0.1) is 12.8 Å². The van der Waals surface area contributed by atoms with Gasteiger partial charge in [-0.3, -0.25) is 9.48 Å². The molecule has 0 saturated heterocycles. The van der Waals surface area contributed by atoms with Gasteiger partial charge in [0.2, 0.25) is 0 Å². The quantitative estimate of drug-likeness (QED) is 0.774. The zero-order valence-corrected chi connectivity index (χ0v) is 10.9. The molecule has 1 unspecified atom stereocenters. The number of nitrogens with zero attached hydrogens (tertiary/aromatic N) is 2. The van der Waals surface area contributed by atoms with E-state index in [-0.39, 0.29) is 5.91 Å². The molecule has 1 atom stereocenters. The molecule has 0 bridgehead atoms. The lowest BCUT2D eigenvalue weighted by Gasteiger charge is -2.11. The lowest BCUT2D eigenvalue weighted by Crippen LogP contribution is -2.30. The number of hydrogen-bond donors (Lipinski definition) is 2. The summed E-state index contributed by atoms with van der Waals surface area (Å²) in [7, 11) is 0. The van der Waals surface area contributed by atoms with Crippen LogP contribution in [0.4, 0.5) is 0 Å². The van der Waals surface area contributed by atoms with Gasteiger partial charge in [0.1, 0.15) is 5.69 Å². The van der Waals surface area contributed by atoms with E-state index in [4.69, 9.17) is 5.73 Å². The first-order valence-electron chi connectivity index (χ1n) is 6.11. The average molecular weight is 238 g/mol. The molecule has 96 valence electrons. The molecule has 0 spiro atoms. The van der Waals surface area contributed by atoms with E-state index in [0.717, 1.165) is 12.1 Å². The normalized spacial score (nSPS) is 12.5. The van der Waals surface area contributed by atoms with Crippen molar-refractivity contribution in [2.24, 2.45) is 11.7 Å². The molecule has 0 aliphatic rings. The Hall–Kier alpha value is -1.36. The van der Waals surface area contributed by atoms with Crippen LogP contribution in [0.5, 0.6) is 0 Å². The number of carbonyl (C=O) groups is 1. The van der Waals surface area contributed by atoms with Crippen molar-refractivity contribution in [3.05, 3.63) is 17.5 Å². The minimum Gasteiger partial charge on any atom is -0.350 e. The lowest BCUT2D eigenvalue weighted by molar-refractivity contribution is 0.0937. The second-order valence-electron chi connectivity index (χ2n) is 4.38. The molecule has 17 heavy (non-hydrogen) atoms. The first kappa shape index (κ1) is 13.7. The van der Waals surface area contributed by atoms with E-state index in [1.165, 1.54) is 0 Å². The Morgan fingerprint density at radius 2 is 2.35 bits per heavy atom. The summed E-state index contributed by atoms with van der Waals surface area (Å²) in [6.07, 6.45) is 0.923. The fourth-order valence-corrected chi connectivity index (χ4v) is 1.71. The topological polar surface area (TPSA) is 72.9 Å². The molecule has 1 amide bonds. The largest absolute Gasteiger partial charge is 0.350 e. The van der Waals surface area contributed by atoms with Crippen LogP contribution in [0.3, 0.4) is 0 Å². The molecule has 0 saturated carbocycles. The summed E-state index contributed by atoms with van der Waals surface area (Å²) in [5, 5.41) is 7.17. The van der Waals surface area contributed by atoms with Crippen LogP contribution < -0.4 is 11.1 Å². The number of aromatic nitrogens is 2. The predicted octanol–water partition coefficient (Wildman–Crippen LogP) is 0.926. The van der Waals surface area contributed by atoms with Crippen molar-refractivity contribution < 1.29 is 4.79 Å². The van der Waals surface area contributed by atoms with Gasteiger partial charge in [0.15, 0.2) is 0 Å². The highest BCUT2D eigenvalue weighted by molar-refractivity contribution is 5.92. The number of rotatable bonds is 6. The van der Waals surface area contributed by atoms with Crippen LogP contribution in [-0.2, 0) is 6.54 Å². The lowest BCUT2D eigenvalue weighted by atomic mass is 10.1. The molecule has 5 heteroatoms. The summed E-state index contributed by atoms with van der Waals surface area (Å²) in [5.74, 6) is 0.347. The van der Waals surface area contributed by atoms with Gasteiger partial charge in [-0.15, -0.1) is 0 Å². The smallest absolute Gasteiger partial charge is 0.269 e. The van der Waals surface area contributed by atoms with E-state index in [0.29, 0.717) is 31.2 Å². The minimum absolute atomic E-state index is 0.0590. The molecule has 0 fully saturated rings. The van der Waals surface area contributed by atoms with E-state index < -0.39 is 0 Å². The third-order valence-corrected chi connectivity index (χ3v) is 2.70. The van der Waals surface area contributed by atoms with E-state index in [2.05, 4.69) is 17.3 Å². The maximum absolute atomic E-state index is 11.9. The van der Waals surface area contributed by atoms with Gasteiger partial charge in [0.05, 0.1) is 5.69 Å². The van der Waals surface area contributed by atoms with Gasteiger partial charge in [-0.05, 0) is 38.8 Å². The Morgan fingerprint density at radius 1 is 1.65 bits per heavy atom. The number of amides is 1. The molecule has 1 heterocycles. The van der Waals surface area contributed by atoms with Crippen LogP contribution in [0.15, 0.2) is 6.07 Å². The Bertz CT molecular complexity index is 373. The highest BCUT2D eigenvalue weighted by atomic mass is 16.2. The zero-order valence-electron chi connectivity index (χ0n) is 10.9. The van der Waals surface area contributed by atoms with E-state index >= 15 is 0 Å². The third kappa shape index (κ3) is 3.85. The summed E-state index contributed by atoms with van der Waals surface area (Å²) in [6.45, 7) is 7.96. The van der Waals surface area contributed by atoms with Crippen molar-refractivity contribution >= 4 is 5.91 Å². The van der Waals surface area contributed by atoms with Crippen LogP contribution >= 0.6 is 0 Å². The number of carbonyl (C=O) groups excluding carboxylic acids is 1. The summed E-state index contributed by atoms with van der Waals surface area (Å²) in [6, 6.07) is 1.81. The standard InChI is InChI=1S/C12H22N4O/c1-4-16-11(7-10(3)15-16)12(17)14-8-9(2)5-6-13/h7,9H,4-6,8,13H2,1-3H3,(H,14,17). The SMILES string of the molecule is CCn1nc(C)cc1C(=O)NCC(C)CCN. The maximum atomic E-state index is 11.9. The fourth-order valence-electron chi connectivity index (χ4n) is 1.71. The first-order chi connectivity index (χ1) is 8.08. The van der Waals surface area contributed by atoms with Crippen molar-refractivity contribution in [1.82, 2.24) is 15.1 Å². The van der Waals surface area contributed by atoms with Gasteiger partial charge in [-0.1, -0.05) is 6.92 Å². The molecular weight excluding hydrogens is 216 g/mol. The molecule has 1 aromatic heterocycles. The number of nitrogens with one attached hydrogen (secondary N) is 1. The van der Waals surface area contributed by atoms with Crippen LogP contribution in [0.1, 0.15) is 36.5 Å². The summed E-state index contributed by atoms with van der Waals surface area (Å²) in [4.78, 5) is 11.9. The average Bonchev–Trinajstić information content (AvgIpc) is 2.68. The molecule has 0 aliphatic carbocycles. The molecule has 1 rings (SSSR count). The van der Waals surface area contributed by atoms with Crippen molar-refractivity contribution in [3.8, 4) is 0 Å². The van der Waals surface area contributed by atoms with Crippen molar-refractivity contribution in [2.45, 2.75) is 33.7 Å². The van der Waals surface area contributed by atoms with Gasteiger partial charge in [0.25, 0.3) is 5.91 Å². The predicted molar refractivity (Wildman–Crippen MR) is 67.8 cm³/mol. The number of hydrogen-bond acceptors (Lipinski definition) is 3. The van der Waals surface area contributed by atoms with Gasteiger partial charge in [-0.25, -0.2) is 0 Å². The first-order valence-corrected chi connectivity index (χ1v) is 6.11. The Labute approximate surface area is 102 Å². The minimum atomic E-state index is -0.0590. The summed E-state index contributed by atoms with van der Waals surface area (Å²) in [5.41, 5.74) is 6.97. The Kier molecular flexibility index (Phi) is 5.15. The molecule has 0 aliphatic heterocycles. The van der Waals surface area contributed by atoms with Crippen LogP contribution in [-0.4, -0.2) is 28.8 Å².